The minimum absolute atomic E-state index is 0.0341. The molecule has 2 aromatic carbocycles. The lowest BCUT2D eigenvalue weighted by Gasteiger charge is -2.41. The lowest BCUT2D eigenvalue weighted by atomic mass is 10.0. The molecule has 3 heterocycles. The Morgan fingerprint density at radius 2 is 1.65 bits per heavy atom. The fourth-order valence-electron chi connectivity index (χ4n) is 5.36. The maximum atomic E-state index is 13.5. The second kappa shape index (κ2) is 12.6. The van der Waals surface area contributed by atoms with Crippen LogP contribution in [0.15, 0.2) is 54.9 Å². The average molecular weight is 612 g/mol. The number of carbonyl (C=O) groups excluding carboxylic acids is 1. The molecule has 1 aromatic heterocycles. The van der Waals surface area contributed by atoms with E-state index in [4.69, 9.17) is 9.47 Å². The van der Waals surface area contributed by atoms with Crippen molar-refractivity contribution in [2.24, 2.45) is 0 Å². The zero-order chi connectivity index (χ0) is 30.8. The molecule has 2 aliphatic heterocycles. The number of nitrogens with zero attached hydrogens (tertiary/aromatic N) is 5. The van der Waals surface area contributed by atoms with Crippen LogP contribution in [0.4, 0.5) is 26.3 Å². The number of alkyl halides is 6. The maximum absolute atomic E-state index is 13.5. The van der Waals surface area contributed by atoms with Crippen LogP contribution in [0.5, 0.6) is 0 Å². The van der Waals surface area contributed by atoms with E-state index in [1.54, 1.807) is 4.90 Å². The molecule has 2 aliphatic rings. The van der Waals surface area contributed by atoms with Gasteiger partial charge in [0, 0.05) is 19.6 Å². The van der Waals surface area contributed by atoms with Crippen molar-refractivity contribution in [3.63, 3.8) is 0 Å². The zero-order valence-corrected chi connectivity index (χ0v) is 23.3. The number of ether oxygens (including phenoxy) is 2. The van der Waals surface area contributed by atoms with Gasteiger partial charge >= 0.3 is 12.4 Å². The van der Waals surface area contributed by atoms with Gasteiger partial charge in [0.05, 0.1) is 36.4 Å². The van der Waals surface area contributed by atoms with E-state index < -0.39 is 41.9 Å². The number of rotatable bonds is 8. The summed E-state index contributed by atoms with van der Waals surface area (Å²) in [4.78, 5) is 20.7. The summed E-state index contributed by atoms with van der Waals surface area (Å²) in [5, 5.41) is 4.46. The molecular formula is C29H31F6N5O3. The van der Waals surface area contributed by atoms with Gasteiger partial charge in [0.1, 0.15) is 12.9 Å². The molecule has 43 heavy (non-hydrogen) atoms. The lowest BCUT2D eigenvalue weighted by Crippen LogP contribution is -2.46. The molecule has 0 spiro atoms. The van der Waals surface area contributed by atoms with Gasteiger partial charge in [0.2, 0.25) is 5.91 Å². The predicted octanol–water partition coefficient (Wildman–Crippen LogP) is 5.62. The molecule has 2 unspecified atom stereocenters. The summed E-state index contributed by atoms with van der Waals surface area (Å²) in [5.41, 5.74) is -2.34. The smallest absolute Gasteiger partial charge is 0.349 e. The number of halogens is 6. The fraction of sp³-hybridized carbons (Fsp3) is 0.483. The number of carbonyl (C=O) groups is 1. The topological polar surface area (TPSA) is 72.7 Å². The standard InChI is InChI=1S/C29H31F6N5O3/c1-19(21-13-22(28(30,31)32)15-23(14-21)29(33,34)35)43-27-26(20-7-3-2-4-8-20)39(11-12-42-27)16-24-36-18-40(37-24)17-25(41)38-9-5-6-10-38/h2-4,7-8,13-15,18-19,26-27H,5-6,9-12,16-17H2,1H3/t19-,26?,27?/m1/s1. The fourth-order valence-corrected chi connectivity index (χ4v) is 5.36. The van der Waals surface area contributed by atoms with E-state index in [9.17, 15) is 31.1 Å². The van der Waals surface area contributed by atoms with Crippen LogP contribution in [0.2, 0.25) is 0 Å². The van der Waals surface area contributed by atoms with Gasteiger partial charge < -0.3 is 14.4 Å². The minimum Gasteiger partial charge on any atom is -0.349 e. The first-order valence-electron chi connectivity index (χ1n) is 13.9. The third-order valence-corrected chi connectivity index (χ3v) is 7.56. The Bertz CT molecular complexity index is 1360. The van der Waals surface area contributed by atoms with Crippen molar-refractivity contribution in [1.29, 1.82) is 0 Å². The second-order valence-electron chi connectivity index (χ2n) is 10.6. The Balaban J connectivity index is 1.36. The summed E-state index contributed by atoms with van der Waals surface area (Å²) >= 11 is 0. The van der Waals surface area contributed by atoms with Gasteiger partial charge in [-0.2, -0.15) is 31.4 Å². The van der Waals surface area contributed by atoms with Crippen LogP contribution in [0.3, 0.4) is 0 Å². The quantitative estimate of drug-likeness (QED) is 0.308. The molecule has 0 N–H and O–H groups in total. The summed E-state index contributed by atoms with van der Waals surface area (Å²) in [6, 6.07) is 9.94. The van der Waals surface area contributed by atoms with Gasteiger partial charge in [-0.05, 0) is 49.1 Å². The number of hydrogen-bond donors (Lipinski definition) is 0. The number of likely N-dealkylation sites (tertiary alicyclic amines) is 1. The molecular weight excluding hydrogens is 580 g/mol. The first kappa shape index (κ1) is 31.0. The van der Waals surface area contributed by atoms with Gasteiger partial charge in [-0.3, -0.25) is 9.69 Å². The lowest BCUT2D eigenvalue weighted by molar-refractivity contribution is -0.231. The second-order valence-corrected chi connectivity index (χ2v) is 10.6. The van der Waals surface area contributed by atoms with Crippen molar-refractivity contribution in [2.45, 2.75) is 63.6 Å². The minimum atomic E-state index is -4.98. The van der Waals surface area contributed by atoms with Crippen LogP contribution in [-0.4, -0.2) is 63.0 Å². The van der Waals surface area contributed by atoms with Crippen LogP contribution in [0.1, 0.15) is 60.0 Å². The zero-order valence-electron chi connectivity index (χ0n) is 23.3. The van der Waals surface area contributed by atoms with Gasteiger partial charge in [-0.15, -0.1) is 0 Å². The van der Waals surface area contributed by atoms with Gasteiger partial charge in [0.25, 0.3) is 0 Å². The van der Waals surface area contributed by atoms with Gasteiger partial charge in [0.15, 0.2) is 12.1 Å². The van der Waals surface area contributed by atoms with Crippen LogP contribution in [-0.2, 0) is 39.7 Å². The highest BCUT2D eigenvalue weighted by atomic mass is 19.4. The Kier molecular flexibility index (Phi) is 9.09. The van der Waals surface area contributed by atoms with E-state index in [0.717, 1.165) is 31.5 Å². The number of aromatic nitrogens is 3. The third-order valence-electron chi connectivity index (χ3n) is 7.56. The summed E-state index contributed by atoms with van der Waals surface area (Å²) in [6.07, 6.45) is -8.71. The van der Waals surface area contributed by atoms with Crippen LogP contribution in [0.25, 0.3) is 0 Å². The Morgan fingerprint density at radius 1 is 1.00 bits per heavy atom. The van der Waals surface area contributed by atoms with Crippen molar-refractivity contribution >= 4 is 5.91 Å². The monoisotopic (exact) mass is 611 g/mol. The summed E-state index contributed by atoms with van der Waals surface area (Å²) in [7, 11) is 0. The van der Waals surface area contributed by atoms with E-state index in [2.05, 4.69) is 10.1 Å². The van der Waals surface area contributed by atoms with Gasteiger partial charge in [-0.25, -0.2) is 9.67 Å². The molecule has 2 saturated heterocycles. The number of amides is 1. The molecule has 8 nitrogen and oxygen atoms in total. The van der Waals surface area contributed by atoms with Crippen molar-refractivity contribution < 1.29 is 40.6 Å². The van der Waals surface area contributed by atoms with Crippen LogP contribution in [0, 0.1) is 0 Å². The maximum Gasteiger partial charge on any atom is 0.416 e. The molecule has 0 saturated carbocycles. The summed E-state index contributed by atoms with van der Waals surface area (Å²) in [5.74, 6) is 0.407. The third kappa shape index (κ3) is 7.54. The molecule has 232 valence electrons. The number of hydrogen-bond acceptors (Lipinski definition) is 6. The van der Waals surface area contributed by atoms with Crippen molar-refractivity contribution in [3.05, 3.63) is 82.9 Å². The highest BCUT2D eigenvalue weighted by Gasteiger charge is 2.39. The average Bonchev–Trinajstić information content (AvgIpc) is 3.65. The van der Waals surface area contributed by atoms with Crippen LogP contribution < -0.4 is 0 Å². The molecule has 0 bridgehead atoms. The molecule has 3 atom stereocenters. The highest BCUT2D eigenvalue weighted by molar-refractivity contribution is 5.76. The molecule has 5 rings (SSSR count). The first-order chi connectivity index (χ1) is 20.4. The van der Waals surface area contributed by atoms with Crippen molar-refractivity contribution in [1.82, 2.24) is 24.6 Å². The molecule has 0 radical (unpaired) electrons. The first-order valence-corrected chi connectivity index (χ1v) is 13.9. The SMILES string of the molecule is C[C@@H](OC1OCCN(Cc2ncn(CC(=O)N3CCCC3)n2)C1c1ccccc1)c1cc(C(F)(F)F)cc(C(F)(F)F)c1. The molecule has 1 amide bonds. The van der Waals surface area contributed by atoms with Crippen LogP contribution >= 0.6 is 0 Å². The molecule has 2 fully saturated rings. The molecule has 0 aliphatic carbocycles. The van der Waals surface area contributed by atoms with E-state index in [1.807, 2.05) is 35.2 Å². The molecule has 3 aromatic rings. The predicted molar refractivity (Wildman–Crippen MR) is 141 cm³/mol. The largest absolute Gasteiger partial charge is 0.416 e. The Hall–Kier alpha value is -3.49. The number of benzene rings is 2. The van der Waals surface area contributed by atoms with E-state index in [-0.39, 0.29) is 37.2 Å². The Morgan fingerprint density at radius 3 is 2.28 bits per heavy atom. The van der Waals surface area contributed by atoms with E-state index in [0.29, 0.717) is 24.5 Å². The normalized spacial score (nSPS) is 20.9. The number of morpholine rings is 1. The van der Waals surface area contributed by atoms with Gasteiger partial charge in [-0.1, -0.05) is 30.3 Å². The van der Waals surface area contributed by atoms with Crippen molar-refractivity contribution in [2.75, 3.05) is 26.2 Å². The summed E-state index contributed by atoms with van der Waals surface area (Å²) in [6.45, 7) is 3.76. The highest BCUT2D eigenvalue weighted by Crippen LogP contribution is 2.39. The van der Waals surface area contributed by atoms with Crippen molar-refractivity contribution in [3.8, 4) is 0 Å². The summed E-state index contributed by atoms with van der Waals surface area (Å²) < 4.78 is 94.3. The van der Waals surface area contributed by atoms with E-state index >= 15 is 0 Å². The van der Waals surface area contributed by atoms with E-state index in [1.165, 1.54) is 17.9 Å². The molecule has 14 heteroatoms. The Labute approximate surface area is 244 Å².